The van der Waals surface area contributed by atoms with Gasteiger partial charge in [0.25, 0.3) is 0 Å². The Kier molecular flexibility index (Phi) is 3.91. The molecule has 114 valence electrons. The number of hydrogen-bond donors (Lipinski definition) is 2. The summed E-state index contributed by atoms with van der Waals surface area (Å²) < 4.78 is 1.84. The molecule has 0 saturated heterocycles. The second kappa shape index (κ2) is 6.01. The lowest BCUT2D eigenvalue weighted by Gasteiger charge is -2.06. The van der Waals surface area contributed by atoms with Gasteiger partial charge < -0.3 is 10.4 Å². The van der Waals surface area contributed by atoms with Crippen LogP contribution in [-0.4, -0.2) is 26.8 Å². The first-order valence-electron chi connectivity index (χ1n) is 7.19. The van der Waals surface area contributed by atoms with Crippen molar-refractivity contribution in [1.82, 2.24) is 15.1 Å². The molecule has 6 nitrogen and oxygen atoms in total. The van der Waals surface area contributed by atoms with Crippen LogP contribution >= 0.6 is 0 Å². The summed E-state index contributed by atoms with van der Waals surface area (Å²) in [4.78, 5) is 22.5. The molecule has 6 heteroatoms. The average molecular weight is 299 g/mol. The number of nitrogens with one attached hydrogen (secondary N) is 1. The summed E-state index contributed by atoms with van der Waals surface area (Å²) in [5, 5.41) is 15.8. The van der Waals surface area contributed by atoms with Crippen LogP contribution in [0.25, 0.3) is 0 Å². The van der Waals surface area contributed by atoms with Crippen molar-refractivity contribution in [2.75, 3.05) is 0 Å². The molecule has 3 rings (SSSR count). The number of carbonyl (C=O) groups is 2. The van der Waals surface area contributed by atoms with E-state index in [0.29, 0.717) is 19.5 Å². The summed E-state index contributed by atoms with van der Waals surface area (Å²) in [5.74, 6) is -1.93. The Labute approximate surface area is 127 Å². The number of carboxylic acid groups (broad SMARTS) is 1. The number of benzene rings is 1. The van der Waals surface area contributed by atoms with Crippen molar-refractivity contribution in [3.05, 3.63) is 53.9 Å². The summed E-state index contributed by atoms with van der Waals surface area (Å²) in [6, 6.07) is 9.80. The molecule has 2 aromatic rings. The Morgan fingerprint density at radius 2 is 1.95 bits per heavy atom. The number of amides is 1. The van der Waals surface area contributed by atoms with E-state index in [0.717, 1.165) is 11.1 Å². The van der Waals surface area contributed by atoms with Crippen molar-refractivity contribution in [3.8, 4) is 0 Å². The van der Waals surface area contributed by atoms with Crippen molar-refractivity contribution >= 4 is 11.9 Å². The number of carboxylic acids is 1. The van der Waals surface area contributed by atoms with E-state index in [1.54, 1.807) is 6.20 Å². The van der Waals surface area contributed by atoms with Gasteiger partial charge in [-0.25, -0.2) is 0 Å². The van der Waals surface area contributed by atoms with Crippen LogP contribution in [0.5, 0.6) is 0 Å². The first-order chi connectivity index (χ1) is 10.6. The van der Waals surface area contributed by atoms with Crippen LogP contribution < -0.4 is 5.32 Å². The van der Waals surface area contributed by atoms with Gasteiger partial charge in [0.15, 0.2) is 0 Å². The lowest BCUT2D eigenvalue weighted by atomic mass is 10.1. The topological polar surface area (TPSA) is 84.2 Å². The van der Waals surface area contributed by atoms with Crippen molar-refractivity contribution in [2.45, 2.75) is 19.5 Å². The summed E-state index contributed by atoms with van der Waals surface area (Å²) >= 11 is 0. The fourth-order valence-electron chi connectivity index (χ4n) is 2.42. The lowest BCUT2D eigenvalue weighted by molar-refractivity contribution is -0.140. The minimum Gasteiger partial charge on any atom is -0.481 e. The molecule has 1 amide bonds. The molecule has 22 heavy (non-hydrogen) atoms. The molecule has 0 bridgehead atoms. The van der Waals surface area contributed by atoms with Crippen LogP contribution in [0, 0.1) is 11.8 Å². The Bertz CT molecular complexity index is 664. The molecule has 2 atom stereocenters. The van der Waals surface area contributed by atoms with Crippen molar-refractivity contribution in [3.63, 3.8) is 0 Å². The van der Waals surface area contributed by atoms with Crippen molar-refractivity contribution in [1.29, 1.82) is 0 Å². The van der Waals surface area contributed by atoms with Gasteiger partial charge in [-0.1, -0.05) is 24.3 Å². The summed E-state index contributed by atoms with van der Waals surface area (Å²) in [6.07, 6.45) is 4.10. The molecule has 2 N–H and O–H groups in total. The average Bonchev–Trinajstić information content (AvgIpc) is 3.17. The molecule has 1 aromatic heterocycles. The highest BCUT2D eigenvalue weighted by atomic mass is 16.4. The van der Waals surface area contributed by atoms with E-state index in [1.807, 2.05) is 41.2 Å². The van der Waals surface area contributed by atoms with Gasteiger partial charge in [-0.2, -0.15) is 5.10 Å². The molecular formula is C16H17N3O3. The number of aliphatic carboxylic acids is 1. The second-order valence-electron chi connectivity index (χ2n) is 5.52. The van der Waals surface area contributed by atoms with Crippen LogP contribution in [0.15, 0.2) is 42.7 Å². The molecule has 1 aromatic carbocycles. The molecule has 0 aliphatic heterocycles. The Morgan fingerprint density at radius 1 is 1.23 bits per heavy atom. The van der Waals surface area contributed by atoms with Gasteiger partial charge >= 0.3 is 5.97 Å². The molecule has 1 heterocycles. The SMILES string of the molecule is O=C(O)[C@@H]1C[C@H]1C(=O)NCc1ccc(Cn2cccn2)cc1. The van der Waals surface area contributed by atoms with Gasteiger partial charge in [0, 0.05) is 18.9 Å². The minimum absolute atomic E-state index is 0.173. The van der Waals surface area contributed by atoms with Crippen LogP contribution in [0.1, 0.15) is 17.5 Å². The third kappa shape index (κ3) is 3.33. The van der Waals surface area contributed by atoms with Crippen LogP contribution in [0.2, 0.25) is 0 Å². The zero-order valence-corrected chi connectivity index (χ0v) is 12.0. The maximum atomic E-state index is 11.8. The Morgan fingerprint density at radius 3 is 2.55 bits per heavy atom. The van der Waals surface area contributed by atoms with E-state index in [1.165, 1.54) is 0 Å². The third-order valence-electron chi connectivity index (χ3n) is 3.84. The molecule has 0 unspecified atom stereocenters. The first-order valence-corrected chi connectivity index (χ1v) is 7.19. The fraction of sp³-hybridized carbons (Fsp3) is 0.312. The van der Waals surface area contributed by atoms with Crippen molar-refractivity contribution in [2.24, 2.45) is 11.8 Å². The minimum atomic E-state index is -0.886. The van der Waals surface area contributed by atoms with E-state index < -0.39 is 11.9 Å². The van der Waals surface area contributed by atoms with Crippen LogP contribution in [-0.2, 0) is 22.7 Å². The molecular weight excluding hydrogens is 282 g/mol. The molecule has 1 saturated carbocycles. The van der Waals surface area contributed by atoms with Gasteiger partial charge in [-0.15, -0.1) is 0 Å². The van der Waals surface area contributed by atoms with E-state index >= 15 is 0 Å². The van der Waals surface area contributed by atoms with Gasteiger partial charge in [-0.05, 0) is 23.6 Å². The number of nitrogens with zero attached hydrogens (tertiary/aromatic N) is 2. The van der Waals surface area contributed by atoms with Crippen LogP contribution in [0.4, 0.5) is 0 Å². The molecule has 1 aliphatic rings. The van der Waals surface area contributed by atoms with Gasteiger partial charge in [0.1, 0.15) is 0 Å². The van der Waals surface area contributed by atoms with E-state index in [-0.39, 0.29) is 11.8 Å². The second-order valence-corrected chi connectivity index (χ2v) is 5.52. The summed E-state index contributed by atoms with van der Waals surface area (Å²) in [7, 11) is 0. The smallest absolute Gasteiger partial charge is 0.307 e. The zero-order valence-electron chi connectivity index (χ0n) is 12.0. The molecule has 1 fully saturated rings. The zero-order chi connectivity index (χ0) is 15.5. The predicted molar refractivity (Wildman–Crippen MR) is 78.9 cm³/mol. The third-order valence-corrected chi connectivity index (χ3v) is 3.84. The Hall–Kier alpha value is -2.63. The monoisotopic (exact) mass is 299 g/mol. The number of carbonyl (C=O) groups excluding carboxylic acids is 1. The fourth-order valence-corrected chi connectivity index (χ4v) is 2.42. The summed E-state index contributed by atoms with van der Waals surface area (Å²) in [5.41, 5.74) is 2.12. The van der Waals surface area contributed by atoms with E-state index in [2.05, 4.69) is 10.4 Å². The highest BCUT2D eigenvalue weighted by Gasteiger charge is 2.48. The maximum Gasteiger partial charge on any atom is 0.307 e. The quantitative estimate of drug-likeness (QED) is 0.841. The number of aromatic nitrogens is 2. The van der Waals surface area contributed by atoms with Gasteiger partial charge in [0.2, 0.25) is 5.91 Å². The highest BCUT2D eigenvalue weighted by Crippen LogP contribution is 2.38. The normalized spacial score (nSPS) is 19.6. The number of rotatable bonds is 6. The largest absolute Gasteiger partial charge is 0.481 e. The first kappa shape index (κ1) is 14.3. The van der Waals surface area contributed by atoms with Gasteiger partial charge in [0.05, 0.1) is 18.4 Å². The van der Waals surface area contributed by atoms with E-state index in [9.17, 15) is 9.59 Å². The Balaban J connectivity index is 1.49. The predicted octanol–water partition coefficient (Wildman–Crippen LogP) is 1.27. The van der Waals surface area contributed by atoms with Crippen molar-refractivity contribution < 1.29 is 14.7 Å². The standard InChI is InChI=1S/C16H17N3O3/c20-15(13-8-14(13)16(21)22)17-9-11-2-4-12(5-3-11)10-19-7-1-6-18-19/h1-7,13-14H,8-10H2,(H,17,20)(H,21,22)/t13-,14-/m1/s1. The lowest BCUT2D eigenvalue weighted by Crippen LogP contribution is -2.25. The van der Waals surface area contributed by atoms with Crippen LogP contribution in [0.3, 0.4) is 0 Å². The molecule has 0 radical (unpaired) electrons. The number of hydrogen-bond acceptors (Lipinski definition) is 3. The molecule has 0 spiro atoms. The van der Waals surface area contributed by atoms with E-state index in [4.69, 9.17) is 5.11 Å². The molecule has 1 aliphatic carbocycles. The van der Waals surface area contributed by atoms with Gasteiger partial charge in [-0.3, -0.25) is 14.3 Å². The maximum absolute atomic E-state index is 11.8. The summed E-state index contributed by atoms with van der Waals surface area (Å²) in [6.45, 7) is 1.13. The highest BCUT2D eigenvalue weighted by molar-refractivity contribution is 5.89.